The van der Waals surface area contributed by atoms with Crippen molar-refractivity contribution in [2.75, 3.05) is 5.43 Å². The van der Waals surface area contributed by atoms with Crippen molar-refractivity contribution in [1.82, 2.24) is 19.5 Å². The highest BCUT2D eigenvalue weighted by atomic mass is 79.9. The van der Waals surface area contributed by atoms with Gasteiger partial charge in [-0.1, -0.05) is 0 Å². The quantitative estimate of drug-likeness (QED) is 0.527. The maximum Gasteiger partial charge on any atom is 0.328 e. The third-order valence-electron chi connectivity index (χ3n) is 2.33. The molecular formula is C10H11BrN6O2. The summed E-state index contributed by atoms with van der Waals surface area (Å²) in [5.74, 6) is 6.16. The molecule has 0 aliphatic carbocycles. The number of aryl methyl sites for hydroxylation is 1. The second-order valence-corrected chi connectivity index (χ2v) is 4.67. The van der Waals surface area contributed by atoms with Crippen LogP contribution in [-0.2, 0) is 6.54 Å². The summed E-state index contributed by atoms with van der Waals surface area (Å²) in [7, 11) is 0. The van der Waals surface area contributed by atoms with Crippen LogP contribution in [0.5, 0.6) is 0 Å². The Morgan fingerprint density at radius 3 is 2.89 bits per heavy atom. The van der Waals surface area contributed by atoms with Crippen LogP contribution in [0.2, 0.25) is 0 Å². The van der Waals surface area contributed by atoms with Gasteiger partial charge in [0.05, 0.1) is 11.0 Å². The van der Waals surface area contributed by atoms with Gasteiger partial charge in [0.25, 0.3) is 5.56 Å². The number of nitrogen functional groups attached to an aromatic ring is 1. The summed E-state index contributed by atoms with van der Waals surface area (Å²) in [6.45, 7) is 1.92. The number of anilines is 1. The molecule has 4 N–H and O–H groups in total. The van der Waals surface area contributed by atoms with Gasteiger partial charge in [0.1, 0.15) is 5.82 Å². The first kappa shape index (κ1) is 13.4. The van der Waals surface area contributed by atoms with E-state index in [2.05, 4.69) is 36.3 Å². The highest BCUT2D eigenvalue weighted by Crippen LogP contribution is 2.06. The number of nitrogens with two attached hydrogens (primary N) is 1. The van der Waals surface area contributed by atoms with Crippen LogP contribution in [0.25, 0.3) is 0 Å². The van der Waals surface area contributed by atoms with E-state index in [0.717, 1.165) is 5.69 Å². The number of nitrogens with zero attached hydrogens (tertiary/aromatic N) is 3. The number of rotatable bonds is 3. The zero-order chi connectivity index (χ0) is 14.0. The molecule has 2 rings (SSSR count). The first-order valence-electron chi connectivity index (χ1n) is 5.30. The Morgan fingerprint density at radius 2 is 2.21 bits per heavy atom. The molecule has 0 amide bonds. The fourth-order valence-corrected chi connectivity index (χ4v) is 1.87. The Hall–Kier alpha value is -2.00. The van der Waals surface area contributed by atoms with Crippen molar-refractivity contribution in [1.29, 1.82) is 0 Å². The number of hydrogen-bond acceptors (Lipinski definition) is 6. The van der Waals surface area contributed by atoms with Gasteiger partial charge in [0, 0.05) is 18.0 Å². The van der Waals surface area contributed by atoms with Gasteiger partial charge < -0.3 is 5.43 Å². The standard InChI is InChI=1S/C10H11BrN6O2/c1-5-2-7(16-12)14-8(13-5)4-17-3-6(11)9(18)15-10(17)19/h2-3H,4,12H2,1H3,(H,13,14,16)(H,15,18,19). The number of H-pyrrole nitrogens is 1. The average Bonchev–Trinajstić information content (AvgIpc) is 2.35. The summed E-state index contributed by atoms with van der Waals surface area (Å²) in [4.78, 5) is 33.4. The molecule has 0 radical (unpaired) electrons. The largest absolute Gasteiger partial charge is 0.328 e. The first-order valence-corrected chi connectivity index (χ1v) is 6.09. The zero-order valence-electron chi connectivity index (χ0n) is 9.98. The molecule has 8 nitrogen and oxygen atoms in total. The molecule has 0 aromatic carbocycles. The molecule has 2 aromatic rings. The molecular weight excluding hydrogens is 316 g/mol. The lowest BCUT2D eigenvalue weighted by Gasteiger charge is -2.07. The van der Waals surface area contributed by atoms with E-state index >= 15 is 0 Å². The molecule has 2 aromatic heterocycles. The topological polar surface area (TPSA) is 119 Å². The van der Waals surface area contributed by atoms with Crippen molar-refractivity contribution in [2.24, 2.45) is 5.84 Å². The minimum Gasteiger partial charge on any atom is -0.308 e. The van der Waals surface area contributed by atoms with Crippen molar-refractivity contribution in [3.63, 3.8) is 0 Å². The van der Waals surface area contributed by atoms with Crippen LogP contribution in [-0.4, -0.2) is 19.5 Å². The molecule has 0 fully saturated rings. The number of nitrogens with one attached hydrogen (secondary N) is 2. The van der Waals surface area contributed by atoms with Gasteiger partial charge in [-0.3, -0.25) is 14.3 Å². The van der Waals surface area contributed by atoms with Gasteiger partial charge >= 0.3 is 5.69 Å². The van der Waals surface area contributed by atoms with Crippen LogP contribution in [0.1, 0.15) is 11.5 Å². The maximum atomic E-state index is 11.6. The van der Waals surface area contributed by atoms with E-state index in [1.54, 1.807) is 13.0 Å². The van der Waals surface area contributed by atoms with Gasteiger partial charge in [0.2, 0.25) is 0 Å². The van der Waals surface area contributed by atoms with E-state index in [4.69, 9.17) is 5.84 Å². The number of hydrazine groups is 1. The van der Waals surface area contributed by atoms with Gasteiger partial charge in [0.15, 0.2) is 5.82 Å². The highest BCUT2D eigenvalue weighted by molar-refractivity contribution is 9.10. The Morgan fingerprint density at radius 1 is 1.47 bits per heavy atom. The van der Waals surface area contributed by atoms with Crippen LogP contribution in [0.3, 0.4) is 0 Å². The molecule has 100 valence electrons. The monoisotopic (exact) mass is 326 g/mol. The summed E-state index contributed by atoms with van der Waals surface area (Å²) >= 11 is 3.06. The molecule has 0 unspecified atom stereocenters. The Labute approximate surface area is 115 Å². The molecule has 0 bridgehead atoms. The maximum absolute atomic E-state index is 11.6. The molecule has 2 heterocycles. The lowest BCUT2D eigenvalue weighted by Crippen LogP contribution is -2.30. The fraction of sp³-hybridized carbons (Fsp3) is 0.200. The van der Waals surface area contributed by atoms with Gasteiger partial charge in [-0.05, 0) is 22.9 Å². The molecule has 0 aliphatic rings. The molecule has 0 saturated carbocycles. The smallest absolute Gasteiger partial charge is 0.308 e. The van der Waals surface area contributed by atoms with E-state index in [1.165, 1.54) is 10.8 Å². The summed E-state index contributed by atoms with van der Waals surface area (Å²) < 4.78 is 1.55. The number of hydrogen-bond donors (Lipinski definition) is 3. The van der Waals surface area contributed by atoms with E-state index in [1.807, 2.05) is 0 Å². The van der Waals surface area contributed by atoms with Gasteiger partial charge in [-0.15, -0.1) is 0 Å². The third-order valence-corrected chi connectivity index (χ3v) is 2.89. The van der Waals surface area contributed by atoms with Crippen molar-refractivity contribution in [3.8, 4) is 0 Å². The molecule has 0 aliphatic heterocycles. The normalized spacial score (nSPS) is 10.5. The van der Waals surface area contributed by atoms with E-state index < -0.39 is 11.2 Å². The summed E-state index contributed by atoms with van der Waals surface area (Å²) in [6, 6.07) is 1.68. The summed E-state index contributed by atoms with van der Waals surface area (Å²) in [6.07, 6.45) is 1.39. The molecule has 0 saturated heterocycles. The van der Waals surface area contributed by atoms with Crippen LogP contribution in [0.15, 0.2) is 26.3 Å². The van der Waals surface area contributed by atoms with Crippen LogP contribution in [0.4, 0.5) is 5.82 Å². The second kappa shape index (κ2) is 5.33. The Balaban J connectivity index is 2.41. The summed E-state index contributed by atoms with van der Waals surface area (Å²) in [5, 5.41) is 0. The Bertz CT molecular complexity index is 723. The molecule has 19 heavy (non-hydrogen) atoms. The number of aromatic nitrogens is 4. The zero-order valence-corrected chi connectivity index (χ0v) is 11.6. The average molecular weight is 327 g/mol. The van der Waals surface area contributed by atoms with E-state index in [-0.39, 0.29) is 11.0 Å². The van der Waals surface area contributed by atoms with Crippen molar-refractivity contribution >= 4 is 21.7 Å². The molecule has 0 spiro atoms. The van der Waals surface area contributed by atoms with Crippen molar-refractivity contribution < 1.29 is 0 Å². The molecule has 9 heteroatoms. The number of halogens is 1. The fourth-order valence-electron chi connectivity index (χ4n) is 1.53. The van der Waals surface area contributed by atoms with Crippen LogP contribution >= 0.6 is 15.9 Å². The minimum atomic E-state index is -0.527. The predicted octanol–water partition coefficient (Wildman–Crippen LogP) is -0.269. The van der Waals surface area contributed by atoms with Gasteiger partial charge in [-0.2, -0.15) is 0 Å². The van der Waals surface area contributed by atoms with Crippen molar-refractivity contribution in [2.45, 2.75) is 13.5 Å². The first-order chi connectivity index (χ1) is 8.99. The Kier molecular flexibility index (Phi) is 3.76. The predicted molar refractivity (Wildman–Crippen MR) is 72.7 cm³/mol. The number of aromatic amines is 1. The highest BCUT2D eigenvalue weighted by Gasteiger charge is 2.06. The van der Waals surface area contributed by atoms with E-state index in [9.17, 15) is 9.59 Å². The summed E-state index contributed by atoms with van der Waals surface area (Å²) in [5.41, 5.74) is 2.14. The van der Waals surface area contributed by atoms with Crippen LogP contribution in [0, 0.1) is 6.92 Å². The van der Waals surface area contributed by atoms with Crippen LogP contribution < -0.4 is 22.5 Å². The van der Waals surface area contributed by atoms with Crippen molar-refractivity contribution in [3.05, 3.63) is 49.1 Å². The molecule has 0 atom stereocenters. The van der Waals surface area contributed by atoms with E-state index in [0.29, 0.717) is 11.6 Å². The minimum absolute atomic E-state index is 0.130. The lowest BCUT2D eigenvalue weighted by atomic mass is 10.4. The lowest BCUT2D eigenvalue weighted by molar-refractivity contribution is 0.680. The van der Waals surface area contributed by atoms with Gasteiger partial charge in [-0.25, -0.2) is 20.6 Å². The SMILES string of the molecule is Cc1cc(NN)nc(Cn2cc(Br)c(=O)[nH]c2=O)n1. The third kappa shape index (κ3) is 3.06. The second-order valence-electron chi connectivity index (χ2n) is 3.82.